The molecule has 2 atom stereocenters. The minimum absolute atomic E-state index is 0.165. The van der Waals surface area contributed by atoms with Crippen LogP contribution in [0.5, 0.6) is 0 Å². The van der Waals surface area contributed by atoms with Gasteiger partial charge in [-0.1, -0.05) is 27.7 Å². The molecule has 0 aromatic rings. The van der Waals surface area contributed by atoms with Crippen LogP contribution in [-0.4, -0.2) is 29.0 Å². The monoisotopic (exact) mass is 272 g/mol. The minimum atomic E-state index is -0.468. The molecule has 0 saturated heterocycles. The molecule has 0 bridgehead atoms. The number of hydrogen-bond donors (Lipinski definition) is 2. The lowest BCUT2D eigenvalue weighted by Gasteiger charge is -2.33. The van der Waals surface area contributed by atoms with Gasteiger partial charge in [-0.25, -0.2) is 0 Å². The van der Waals surface area contributed by atoms with Crippen molar-refractivity contribution in [2.75, 3.05) is 12.3 Å². The van der Waals surface area contributed by atoms with Crippen LogP contribution in [-0.2, 0) is 4.79 Å². The van der Waals surface area contributed by atoms with E-state index in [-0.39, 0.29) is 5.91 Å². The topological polar surface area (TPSA) is 55.1 Å². The lowest BCUT2D eigenvalue weighted by atomic mass is 9.94. The Bertz CT molecular complexity index is 279. The molecule has 106 valence electrons. The molecule has 1 amide bonds. The standard InChI is InChI=1S/C14H28N2OS/c1-5-8-16-14(13(15)17,12-6-7-12)9-18-11(4)10(2)3/h10-12,16H,5-9H2,1-4H3,(H2,15,17). The second kappa shape index (κ2) is 6.80. The number of carbonyl (C=O) groups is 1. The Balaban J connectivity index is 2.66. The van der Waals surface area contributed by atoms with E-state index >= 15 is 0 Å². The van der Waals surface area contributed by atoms with Crippen LogP contribution in [0.3, 0.4) is 0 Å². The summed E-state index contributed by atoms with van der Waals surface area (Å²) in [5.74, 6) is 1.73. The van der Waals surface area contributed by atoms with E-state index in [4.69, 9.17) is 5.73 Å². The van der Waals surface area contributed by atoms with Gasteiger partial charge in [0.15, 0.2) is 0 Å². The smallest absolute Gasteiger partial charge is 0.238 e. The maximum atomic E-state index is 11.9. The fourth-order valence-corrected chi connectivity index (χ4v) is 3.44. The van der Waals surface area contributed by atoms with Gasteiger partial charge in [-0.05, 0) is 37.6 Å². The molecule has 1 aliphatic carbocycles. The van der Waals surface area contributed by atoms with Crippen molar-refractivity contribution in [1.82, 2.24) is 5.32 Å². The lowest BCUT2D eigenvalue weighted by molar-refractivity contribution is -0.124. The number of rotatable bonds is 9. The zero-order chi connectivity index (χ0) is 13.8. The summed E-state index contributed by atoms with van der Waals surface area (Å²) in [6.45, 7) is 9.67. The van der Waals surface area contributed by atoms with E-state index in [0.29, 0.717) is 17.1 Å². The maximum Gasteiger partial charge on any atom is 0.238 e. The Morgan fingerprint density at radius 3 is 2.44 bits per heavy atom. The van der Waals surface area contributed by atoms with Crippen LogP contribution in [0.15, 0.2) is 0 Å². The van der Waals surface area contributed by atoms with E-state index < -0.39 is 5.54 Å². The van der Waals surface area contributed by atoms with Gasteiger partial charge in [0.2, 0.25) is 5.91 Å². The number of amides is 1. The molecule has 18 heavy (non-hydrogen) atoms. The van der Waals surface area contributed by atoms with Gasteiger partial charge in [0, 0.05) is 11.0 Å². The first-order chi connectivity index (χ1) is 8.44. The predicted molar refractivity (Wildman–Crippen MR) is 79.7 cm³/mol. The Labute approximate surface area is 116 Å². The summed E-state index contributed by atoms with van der Waals surface area (Å²) < 4.78 is 0. The first kappa shape index (κ1) is 15.8. The fourth-order valence-electron chi connectivity index (χ4n) is 2.05. The van der Waals surface area contributed by atoms with Crippen LogP contribution in [0.1, 0.15) is 47.0 Å². The summed E-state index contributed by atoms with van der Waals surface area (Å²) in [4.78, 5) is 11.9. The molecule has 0 radical (unpaired) electrons. The summed E-state index contributed by atoms with van der Waals surface area (Å²) >= 11 is 1.88. The number of carbonyl (C=O) groups excluding carboxylic acids is 1. The highest BCUT2D eigenvalue weighted by molar-refractivity contribution is 8.00. The summed E-state index contributed by atoms with van der Waals surface area (Å²) in [6, 6.07) is 0. The normalized spacial score (nSPS) is 20.7. The third-order valence-corrected chi connectivity index (χ3v) is 5.61. The second-order valence-electron chi connectivity index (χ2n) is 5.80. The van der Waals surface area contributed by atoms with Crippen LogP contribution < -0.4 is 11.1 Å². The van der Waals surface area contributed by atoms with E-state index in [0.717, 1.165) is 31.6 Å². The van der Waals surface area contributed by atoms with Crippen LogP contribution in [0.4, 0.5) is 0 Å². The van der Waals surface area contributed by atoms with E-state index in [1.165, 1.54) is 0 Å². The molecular weight excluding hydrogens is 244 g/mol. The SMILES string of the molecule is CCCNC(CSC(C)C(C)C)(C(N)=O)C1CC1. The molecule has 2 unspecified atom stereocenters. The van der Waals surface area contributed by atoms with Gasteiger partial charge in [-0.2, -0.15) is 11.8 Å². The van der Waals surface area contributed by atoms with Crippen molar-refractivity contribution >= 4 is 17.7 Å². The molecule has 0 heterocycles. The van der Waals surface area contributed by atoms with E-state index in [1.54, 1.807) is 0 Å². The van der Waals surface area contributed by atoms with Gasteiger partial charge in [0.25, 0.3) is 0 Å². The van der Waals surface area contributed by atoms with Gasteiger partial charge in [-0.15, -0.1) is 0 Å². The van der Waals surface area contributed by atoms with Crippen molar-refractivity contribution in [3.8, 4) is 0 Å². The number of thioether (sulfide) groups is 1. The summed E-state index contributed by atoms with van der Waals surface area (Å²) in [6.07, 6.45) is 3.30. The molecule has 1 fully saturated rings. The van der Waals surface area contributed by atoms with Crippen LogP contribution in [0.2, 0.25) is 0 Å². The molecule has 0 aliphatic heterocycles. The van der Waals surface area contributed by atoms with Gasteiger partial charge in [0.05, 0.1) is 0 Å². The fraction of sp³-hybridized carbons (Fsp3) is 0.929. The molecule has 3 N–H and O–H groups in total. The first-order valence-corrected chi connectivity index (χ1v) is 8.15. The number of hydrogen-bond acceptors (Lipinski definition) is 3. The Morgan fingerprint density at radius 1 is 1.44 bits per heavy atom. The molecule has 1 aliphatic rings. The van der Waals surface area contributed by atoms with Crippen molar-refractivity contribution in [1.29, 1.82) is 0 Å². The molecule has 0 aromatic carbocycles. The molecule has 1 rings (SSSR count). The Kier molecular flexibility index (Phi) is 5.99. The van der Waals surface area contributed by atoms with Crippen molar-refractivity contribution < 1.29 is 4.79 Å². The second-order valence-corrected chi connectivity index (χ2v) is 7.16. The van der Waals surface area contributed by atoms with Crippen molar-refractivity contribution in [3.05, 3.63) is 0 Å². The van der Waals surface area contributed by atoms with Gasteiger partial charge in [-0.3, -0.25) is 4.79 Å². The van der Waals surface area contributed by atoms with Gasteiger partial charge >= 0.3 is 0 Å². The molecule has 0 spiro atoms. The van der Waals surface area contributed by atoms with Gasteiger partial charge < -0.3 is 11.1 Å². The average molecular weight is 272 g/mol. The number of nitrogens with one attached hydrogen (secondary N) is 1. The van der Waals surface area contributed by atoms with E-state index in [2.05, 4.69) is 33.0 Å². The first-order valence-electron chi connectivity index (χ1n) is 7.10. The lowest BCUT2D eigenvalue weighted by Crippen LogP contribution is -2.59. The Morgan fingerprint density at radius 2 is 2.06 bits per heavy atom. The quantitative estimate of drug-likeness (QED) is 0.677. The Hall–Kier alpha value is -0.220. The molecule has 0 aromatic heterocycles. The van der Waals surface area contributed by atoms with Crippen LogP contribution in [0.25, 0.3) is 0 Å². The molecular formula is C14H28N2OS. The molecule has 3 nitrogen and oxygen atoms in total. The highest BCUT2D eigenvalue weighted by atomic mass is 32.2. The van der Waals surface area contributed by atoms with Gasteiger partial charge in [0.1, 0.15) is 5.54 Å². The zero-order valence-electron chi connectivity index (χ0n) is 12.2. The summed E-state index contributed by atoms with van der Waals surface area (Å²) in [5, 5.41) is 4.00. The summed E-state index contributed by atoms with van der Waals surface area (Å²) in [5.41, 5.74) is 5.23. The average Bonchev–Trinajstić information content (AvgIpc) is 3.13. The summed E-state index contributed by atoms with van der Waals surface area (Å²) in [7, 11) is 0. The molecule has 4 heteroatoms. The highest BCUT2D eigenvalue weighted by Crippen LogP contribution is 2.42. The minimum Gasteiger partial charge on any atom is -0.368 e. The highest BCUT2D eigenvalue weighted by Gasteiger charge is 2.49. The predicted octanol–water partition coefficient (Wildman–Crippen LogP) is 2.40. The van der Waals surface area contributed by atoms with Crippen molar-refractivity contribution in [2.45, 2.75) is 57.7 Å². The van der Waals surface area contributed by atoms with Crippen molar-refractivity contribution in [3.63, 3.8) is 0 Å². The third-order valence-electron chi connectivity index (χ3n) is 3.92. The van der Waals surface area contributed by atoms with Crippen molar-refractivity contribution in [2.24, 2.45) is 17.6 Å². The van der Waals surface area contributed by atoms with Crippen LogP contribution in [0, 0.1) is 11.8 Å². The maximum absolute atomic E-state index is 11.9. The van der Waals surface area contributed by atoms with Crippen LogP contribution >= 0.6 is 11.8 Å². The number of primary amides is 1. The van der Waals surface area contributed by atoms with E-state index in [9.17, 15) is 4.79 Å². The third kappa shape index (κ3) is 3.89. The zero-order valence-corrected chi connectivity index (χ0v) is 13.0. The largest absolute Gasteiger partial charge is 0.368 e. The van der Waals surface area contributed by atoms with E-state index in [1.807, 2.05) is 11.8 Å². The number of nitrogens with two attached hydrogens (primary N) is 1. The molecule has 1 saturated carbocycles.